The van der Waals surface area contributed by atoms with Crippen LogP contribution in [0.25, 0.3) is 0 Å². The molecule has 0 heterocycles. The first kappa shape index (κ1) is 13.9. The first-order chi connectivity index (χ1) is 6.47. The van der Waals surface area contributed by atoms with E-state index in [2.05, 4.69) is 51.7 Å². The molecule has 2 heteroatoms. The lowest BCUT2D eigenvalue weighted by Crippen LogP contribution is -2.34. The normalized spacial score (nSPS) is 16.3. The molecular formula is C12H28N2. The Hall–Kier alpha value is -0.0800. The molecule has 86 valence electrons. The van der Waals surface area contributed by atoms with Gasteiger partial charge in [-0.3, -0.25) is 0 Å². The molecule has 0 saturated carbocycles. The van der Waals surface area contributed by atoms with Gasteiger partial charge in [-0.2, -0.15) is 0 Å². The maximum atomic E-state index is 2.48. The minimum absolute atomic E-state index is 0.700. The smallest absolute Gasteiger partial charge is 0.00761 e. The molecule has 0 aliphatic heterocycles. The summed E-state index contributed by atoms with van der Waals surface area (Å²) in [5.74, 6) is 0.821. The van der Waals surface area contributed by atoms with E-state index in [0.29, 0.717) is 6.04 Å². The van der Waals surface area contributed by atoms with Crippen molar-refractivity contribution in [3.05, 3.63) is 0 Å². The number of nitrogens with zero attached hydrogens (tertiary/aromatic N) is 2. The SMILES string of the molecule is CCC(C)CN(C)C(C)CCN(C)C. The summed E-state index contributed by atoms with van der Waals surface area (Å²) in [7, 11) is 6.52. The zero-order valence-corrected chi connectivity index (χ0v) is 10.9. The van der Waals surface area contributed by atoms with Crippen LogP contribution in [0.15, 0.2) is 0 Å². The van der Waals surface area contributed by atoms with E-state index < -0.39 is 0 Å². The highest BCUT2D eigenvalue weighted by atomic mass is 15.1. The number of hydrogen-bond donors (Lipinski definition) is 0. The highest BCUT2D eigenvalue weighted by molar-refractivity contribution is 4.66. The standard InChI is InChI=1S/C12H28N2/c1-7-11(2)10-14(6)12(3)8-9-13(4)5/h11-12H,7-10H2,1-6H3. The van der Waals surface area contributed by atoms with Gasteiger partial charge >= 0.3 is 0 Å². The van der Waals surface area contributed by atoms with E-state index in [4.69, 9.17) is 0 Å². The van der Waals surface area contributed by atoms with Crippen molar-refractivity contribution in [3.8, 4) is 0 Å². The van der Waals surface area contributed by atoms with Crippen LogP contribution >= 0.6 is 0 Å². The second kappa shape index (κ2) is 7.24. The molecule has 0 saturated heterocycles. The lowest BCUT2D eigenvalue weighted by molar-refractivity contribution is 0.200. The van der Waals surface area contributed by atoms with E-state index in [-0.39, 0.29) is 0 Å². The molecule has 0 amide bonds. The van der Waals surface area contributed by atoms with E-state index in [0.717, 1.165) is 5.92 Å². The number of rotatable bonds is 7. The molecular weight excluding hydrogens is 172 g/mol. The summed E-state index contributed by atoms with van der Waals surface area (Å²) < 4.78 is 0. The fourth-order valence-electron chi connectivity index (χ4n) is 1.47. The molecule has 0 N–H and O–H groups in total. The molecule has 0 aliphatic carbocycles. The Kier molecular flexibility index (Phi) is 7.20. The van der Waals surface area contributed by atoms with Crippen LogP contribution in [0.2, 0.25) is 0 Å². The third-order valence-corrected chi connectivity index (χ3v) is 3.04. The Morgan fingerprint density at radius 3 is 2.07 bits per heavy atom. The zero-order chi connectivity index (χ0) is 11.1. The Morgan fingerprint density at radius 1 is 1.07 bits per heavy atom. The van der Waals surface area contributed by atoms with Crippen molar-refractivity contribution in [1.29, 1.82) is 0 Å². The lowest BCUT2D eigenvalue weighted by Gasteiger charge is -2.28. The summed E-state index contributed by atoms with van der Waals surface area (Å²) in [6.07, 6.45) is 2.55. The van der Waals surface area contributed by atoms with E-state index in [1.807, 2.05) is 0 Å². The highest BCUT2D eigenvalue weighted by Gasteiger charge is 2.11. The molecule has 2 unspecified atom stereocenters. The Morgan fingerprint density at radius 2 is 1.64 bits per heavy atom. The van der Waals surface area contributed by atoms with Gasteiger partial charge in [0.2, 0.25) is 0 Å². The molecule has 0 spiro atoms. The van der Waals surface area contributed by atoms with E-state index in [1.165, 1.54) is 25.9 Å². The lowest BCUT2D eigenvalue weighted by atomic mass is 10.1. The second-order valence-corrected chi connectivity index (χ2v) is 4.89. The third kappa shape index (κ3) is 6.39. The minimum atomic E-state index is 0.700. The molecule has 0 aliphatic rings. The molecule has 0 aromatic rings. The molecule has 0 radical (unpaired) electrons. The summed E-state index contributed by atoms with van der Waals surface area (Å²) in [4.78, 5) is 4.74. The summed E-state index contributed by atoms with van der Waals surface area (Å²) in [5.41, 5.74) is 0. The Balaban J connectivity index is 3.69. The van der Waals surface area contributed by atoms with Gasteiger partial charge < -0.3 is 9.80 Å². The topological polar surface area (TPSA) is 6.48 Å². The maximum absolute atomic E-state index is 2.48. The van der Waals surface area contributed by atoms with Crippen LogP contribution in [0.4, 0.5) is 0 Å². The molecule has 0 fully saturated rings. The van der Waals surface area contributed by atoms with Gasteiger partial charge in [-0.25, -0.2) is 0 Å². The summed E-state index contributed by atoms with van der Waals surface area (Å²) in [6.45, 7) is 9.33. The van der Waals surface area contributed by atoms with Gasteiger partial charge in [0, 0.05) is 12.6 Å². The van der Waals surface area contributed by atoms with E-state index in [9.17, 15) is 0 Å². The van der Waals surface area contributed by atoms with Crippen molar-refractivity contribution in [2.75, 3.05) is 34.2 Å². The van der Waals surface area contributed by atoms with Gasteiger partial charge in [0.1, 0.15) is 0 Å². The fourth-order valence-corrected chi connectivity index (χ4v) is 1.47. The minimum Gasteiger partial charge on any atom is -0.309 e. The Labute approximate surface area is 90.3 Å². The van der Waals surface area contributed by atoms with Gasteiger partial charge in [0.05, 0.1) is 0 Å². The van der Waals surface area contributed by atoms with Gasteiger partial charge in [-0.1, -0.05) is 20.3 Å². The van der Waals surface area contributed by atoms with Crippen molar-refractivity contribution in [2.24, 2.45) is 5.92 Å². The van der Waals surface area contributed by atoms with Crippen molar-refractivity contribution in [2.45, 2.75) is 39.7 Å². The van der Waals surface area contributed by atoms with Crippen LogP contribution in [0.1, 0.15) is 33.6 Å². The molecule has 0 aromatic heterocycles. The van der Waals surface area contributed by atoms with Crippen LogP contribution in [0, 0.1) is 5.92 Å². The first-order valence-electron chi connectivity index (χ1n) is 5.82. The Bertz CT molecular complexity index is 134. The molecule has 0 aromatic carbocycles. The van der Waals surface area contributed by atoms with Gasteiger partial charge in [0.25, 0.3) is 0 Å². The molecule has 2 atom stereocenters. The first-order valence-corrected chi connectivity index (χ1v) is 5.82. The van der Waals surface area contributed by atoms with Crippen molar-refractivity contribution in [1.82, 2.24) is 9.80 Å². The van der Waals surface area contributed by atoms with Gasteiger partial charge in [-0.15, -0.1) is 0 Å². The average Bonchev–Trinajstić information content (AvgIpc) is 2.13. The van der Waals surface area contributed by atoms with Crippen LogP contribution in [0.3, 0.4) is 0 Å². The predicted molar refractivity (Wildman–Crippen MR) is 64.7 cm³/mol. The third-order valence-electron chi connectivity index (χ3n) is 3.04. The van der Waals surface area contributed by atoms with Crippen LogP contribution in [0.5, 0.6) is 0 Å². The fraction of sp³-hybridized carbons (Fsp3) is 1.00. The highest BCUT2D eigenvalue weighted by Crippen LogP contribution is 2.08. The van der Waals surface area contributed by atoms with Crippen molar-refractivity contribution >= 4 is 0 Å². The van der Waals surface area contributed by atoms with E-state index in [1.54, 1.807) is 0 Å². The van der Waals surface area contributed by atoms with Crippen LogP contribution in [-0.2, 0) is 0 Å². The average molecular weight is 200 g/mol. The predicted octanol–water partition coefficient (Wildman–Crippen LogP) is 2.30. The van der Waals surface area contributed by atoms with Crippen molar-refractivity contribution in [3.63, 3.8) is 0 Å². The second-order valence-electron chi connectivity index (χ2n) is 4.89. The van der Waals surface area contributed by atoms with Crippen LogP contribution in [-0.4, -0.2) is 50.1 Å². The molecule has 0 rings (SSSR count). The summed E-state index contributed by atoms with van der Waals surface area (Å²) in [6, 6.07) is 0.700. The van der Waals surface area contributed by atoms with Gasteiger partial charge in [-0.05, 0) is 47.0 Å². The van der Waals surface area contributed by atoms with Crippen LogP contribution < -0.4 is 0 Å². The molecule has 14 heavy (non-hydrogen) atoms. The zero-order valence-electron chi connectivity index (χ0n) is 10.9. The summed E-state index contributed by atoms with van der Waals surface area (Å²) in [5, 5.41) is 0. The maximum Gasteiger partial charge on any atom is 0.00761 e. The monoisotopic (exact) mass is 200 g/mol. The van der Waals surface area contributed by atoms with E-state index >= 15 is 0 Å². The van der Waals surface area contributed by atoms with Gasteiger partial charge in [0.15, 0.2) is 0 Å². The largest absolute Gasteiger partial charge is 0.309 e. The quantitative estimate of drug-likeness (QED) is 0.622. The number of hydrogen-bond acceptors (Lipinski definition) is 2. The van der Waals surface area contributed by atoms with Crippen molar-refractivity contribution < 1.29 is 0 Å². The molecule has 2 nitrogen and oxygen atoms in total. The molecule has 0 bridgehead atoms. The summed E-state index contributed by atoms with van der Waals surface area (Å²) >= 11 is 0.